The van der Waals surface area contributed by atoms with Crippen molar-refractivity contribution in [2.45, 2.75) is 39.2 Å². The topological polar surface area (TPSA) is 50.4 Å². The molecule has 23 heavy (non-hydrogen) atoms. The molecule has 0 aliphatic carbocycles. The van der Waals surface area contributed by atoms with Gasteiger partial charge in [0.1, 0.15) is 5.75 Å². The fourth-order valence-electron chi connectivity index (χ4n) is 2.63. The van der Waals surface area contributed by atoms with E-state index in [1.54, 1.807) is 19.1 Å². The summed E-state index contributed by atoms with van der Waals surface area (Å²) in [7, 11) is 0. The Morgan fingerprint density at radius 2 is 2.09 bits per heavy atom. The van der Waals surface area contributed by atoms with Crippen LogP contribution >= 0.6 is 12.4 Å². The third kappa shape index (κ3) is 6.71. The first-order valence-electron chi connectivity index (χ1n) is 7.60. The molecule has 7 heteroatoms. The molecule has 2 N–H and O–H groups in total. The molecule has 1 amide bonds. The summed E-state index contributed by atoms with van der Waals surface area (Å²) >= 11 is 0. The van der Waals surface area contributed by atoms with Crippen molar-refractivity contribution in [2.75, 3.05) is 18.4 Å². The molecule has 0 aromatic heterocycles. The van der Waals surface area contributed by atoms with E-state index in [-0.39, 0.29) is 24.1 Å². The van der Waals surface area contributed by atoms with Crippen LogP contribution in [-0.4, -0.2) is 25.6 Å². The molecule has 2 rings (SSSR count). The maximum Gasteiger partial charge on any atom is 0.387 e. The first-order chi connectivity index (χ1) is 10.5. The molecular formula is C16H23ClF2N2O2. The van der Waals surface area contributed by atoms with Crippen molar-refractivity contribution in [2.24, 2.45) is 5.92 Å². The van der Waals surface area contributed by atoms with Crippen LogP contribution in [0.1, 0.15) is 31.2 Å². The molecule has 0 radical (unpaired) electrons. The number of piperidine rings is 1. The molecule has 1 aliphatic rings. The van der Waals surface area contributed by atoms with Crippen molar-refractivity contribution < 1.29 is 18.3 Å². The number of ether oxygens (including phenoxy) is 1. The third-order valence-electron chi connectivity index (χ3n) is 3.93. The number of aryl methyl sites for hydroxylation is 1. The number of nitrogens with one attached hydrogen (secondary N) is 2. The van der Waals surface area contributed by atoms with E-state index in [0.717, 1.165) is 32.4 Å². The Bertz CT molecular complexity index is 509. The molecule has 1 fully saturated rings. The molecule has 0 unspecified atom stereocenters. The molecular weight excluding hydrogens is 326 g/mol. The van der Waals surface area contributed by atoms with Gasteiger partial charge in [-0.1, -0.05) is 6.07 Å². The molecule has 1 saturated heterocycles. The van der Waals surface area contributed by atoms with Gasteiger partial charge in [0.05, 0.1) is 0 Å². The van der Waals surface area contributed by atoms with Gasteiger partial charge in [0.25, 0.3) is 0 Å². The van der Waals surface area contributed by atoms with Crippen molar-refractivity contribution in [1.29, 1.82) is 0 Å². The Kier molecular flexibility index (Phi) is 8.26. The van der Waals surface area contributed by atoms with Crippen LogP contribution in [0.2, 0.25) is 0 Å². The highest BCUT2D eigenvalue weighted by atomic mass is 35.5. The highest BCUT2D eigenvalue weighted by Gasteiger charge is 2.15. The average molecular weight is 349 g/mol. The molecule has 1 aromatic rings. The van der Waals surface area contributed by atoms with Crippen LogP contribution in [0, 0.1) is 12.8 Å². The summed E-state index contributed by atoms with van der Waals surface area (Å²) in [5, 5.41) is 6.04. The van der Waals surface area contributed by atoms with Crippen molar-refractivity contribution in [3.8, 4) is 5.75 Å². The zero-order valence-corrected chi connectivity index (χ0v) is 13.9. The van der Waals surface area contributed by atoms with E-state index in [1.165, 1.54) is 6.07 Å². The number of benzene rings is 1. The molecule has 4 nitrogen and oxygen atoms in total. The van der Waals surface area contributed by atoms with E-state index in [0.29, 0.717) is 23.6 Å². The summed E-state index contributed by atoms with van der Waals surface area (Å²) in [6.07, 6.45) is 3.51. The van der Waals surface area contributed by atoms with E-state index in [9.17, 15) is 13.6 Å². The van der Waals surface area contributed by atoms with Gasteiger partial charge < -0.3 is 15.4 Å². The normalized spacial score (nSPS) is 15.1. The third-order valence-corrected chi connectivity index (χ3v) is 3.93. The first-order valence-corrected chi connectivity index (χ1v) is 7.60. The second-order valence-electron chi connectivity index (χ2n) is 5.64. The number of alkyl halides is 2. The minimum absolute atomic E-state index is 0. The number of rotatable bonds is 6. The average Bonchev–Trinajstić information content (AvgIpc) is 2.49. The van der Waals surface area contributed by atoms with Crippen molar-refractivity contribution in [3.63, 3.8) is 0 Å². The van der Waals surface area contributed by atoms with Gasteiger partial charge >= 0.3 is 6.61 Å². The Morgan fingerprint density at radius 1 is 1.39 bits per heavy atom. The lowest BCUT2D eigenvalue weighted by atomic mass is 9.93. The molecule has 0 atom stereocenters. The lowest BCUT2D eigenvalue weighted by molar-refractivity contribution is -0.116. The summed E-state index contributed by atoms with van der Waals surface area (Å²) in [4.78, 5) is 12.0. The second kappa shape index (κ2) is 9.67. The maximum absolute atomic E-state index is 12.3. The minimum atomic E-state index is -2.87. The van der Waals surface area contributed by atoms with Crippen LogP contribution in [0.3, 0.4) is 0 Å². The SMILES string of the molecule is Cc1ccc(NC(=O)CCC2CCNCC2)cc1OC(F)F.Cl. The summed E-state index contributed by atoms with van der Waals surface area (Å²) in [6, 6.07) is 4.78. The monoisotopic (exact) mass is 348 g/mol. The number of hydrogen-bond donors (Lipinski definition) is 2. The van der Waals surface area contributed by atoms with Crippen molar-refractivity contribution in [3.05, 3.63) is 23.8 Å². The van der Waals surface area contributed by atoms with Gasteiger partial charge in [0, 0.05) is 18.2 Å². The lowest BCUT2D eigenvalue weighted by Crippen LogP contribution is -2.28. The zero-order chi connectivity index (χ0) is 15.9. The maximum atomic E-state index is 12.3. The van der Waals surface area contributed by atoms with E-state index >= 15 is 0 Å². The van der Waals surface area contributed by atoms with Gasteiger partial charge in [0.15, 0.2) is 0 Å². The smallest absolute Gasteiger partial charge is 0.387 e. The summed E-state index contributed by atoms with van der Waals surface area (Å²) < 4.78 is 29.0. The second-order valence-corrected chi connectivity index (χ2v) is 5.64. The first kappa shape index (κ1) is 19.6. The summed E-state index contributed by atoms with van der Waals surface area (Å²) in [5.74, 6) is 0.583. The summed E-state index contributed by atoms with van der Waals surface area (Å²) in [5.41, 5.74) is 1.09. The molecule has 1 heterocycles. The number of anilines is 1. The number of carbonyl (C=O) groups is 1. The fourth-order valence-corrected chi connectivity index (χ4v) is 2.63. The Morgan fingerprint density at radius 3 is 2.74 bits per heavy atom. The predicted molar refractivity (Wildman–Crippen MR) is 88.5 cm³/mol. The van der Waals surface area contributed by atoms with Crippen LogP contribution < -0.4 is 15.4 Å². The van der Waals surface area contributed by atoms with Crippen LogP contribution in [0.25, 0.3) is 0 Å². The van der Waals surface area contributed by atoms with Gasteiger partial charge in [-0.05, 0) is 56.8 Å². The number of halogens is 3. The van der Waals surface area contributed by atoms with Crippen LogP contribution in [0.15, 0.2) is 18.2 Å². The Labute approximate surface area is 141 Å². The molecule has 0 bridgehead atoms. The molecule has 1 aromatic carbocycles. The van der Waals surface area contributed by atoms with Crippen molar-refractivity contribution >= 4 is 24.0 Å². The van der Waals surface area contributed by atoms with Crippen LogP contribution in [0.5, 0.6) is 5.75 Å². The van der Waals surface area contributed by atoms with E-state index in [2.05, 4.69) is 15.4 Å². The van der Waals surface area contributed by atoms with E-state index in [4.69, 9.17) is 0 Å². The molecule has 130 valence electrons. The van der Waals surface area contributed by atoms with Gasteiger partial charge in [0.2, 0.25) is 5.91 Å². The largest absolute Gasteiger partial charge is 0.434 e. The molecule has 1 aliphatic heterocycles. The number of carbonyl (C=O) groups excluding carboxylic acids is 1. The van der Waals surface area contributed by atoms with Gasteiger partial charge in [-0.2, -0.15) is 8.78 Å². The lowest BCUT2D eigenvalue weighted by Gasteiger charge is -2.22. The molecule has 0 spiro atoms. The standard InChI is InChI=1S/C16H22F2N2O2.ClH/c1-11-2-4-13(10-14(11)22-16(17)18)20-15(21)5-3-12-6-8-19-9-7-12;/h2,4,10,12,16,19H,3,5-9H2,1H3,(H,20,21);1H. The zero-order valence-electron chi connectivity index (χ0n) is 13.1. The van der Waals surface area contributed by atoms with Gasteiger partial charge in [-0.3, -0.25) is 4.79 Å². The highest BCUT2D eigenvalue weighted by Crippen LogP contribution is 2.25. The number of amides is 1. The Balaban J connectivity index is 0.00000264. The fraction of sp³-hybridized carbons (Fsp3) is 0.562. The van der Waals surface area contributed by atoms with Gasteiger partial charge in [-0.15, -0.1) is 12.4 Å². The van der Waals surface area contributed by atoms with Crippen molar-refractivity contribution in [1.82, 2.24) is 5.32 Å². The highest BCUT2D eigenvalue weighted by molar-refractivity contribution is 5.90. The molecule has 0 saturated carbocycles. The number of hydrogen-bond acceptors (Lipinski definition) is 3. The van der Waals surface area contributed by atoms with Gasteiger partial charge in [-0.25, -0.2) is 0 Å². The minimum Gasteiger partial charge on any atom is -0.434 e. The van der Waals surface area contributed by atoms with Crippen LogP contribution in [-0.2, 0) is 4.79 Å². The van der Waals surface area contributed by atoms with E-state index in [1.807, 2.05) is 0 Å². The quantitative estimate of drug-likeness (QED) is 0.823. The predicted octanol–water partition coefficient (Wildman–Crippen LogP) is 3.74. The van der Waals surface area contributed by atoms with E-state index < -0.39 is 6.61 Å². The van der Waals surface area contributed by atoms with Crippen LogP contribution in [0.4, 0.5) is 14.5 Å². The summed E-state index contributed by atoms with van der Waals surface area (Å²) in [6.45, 7) is 0.835. The Hall–Kier alpha value is -1.40.